The van der Waals surface area contributed by atoms with E-state index in [1.807, 2.05) is 54.9 Å². The fourth-order valence-electron chi connectivity index (χ4n) is 4.22. The standard InChI is InChI=1S/C25H26N6O/c26-20-4-3-5-21(8-7-20)28-25(32)24-22-13-18(6-9-23(22)29-30-24)19-12-17(14-27-15-19)16-31-10-1-2-11-31/h3-6,8-9,12-15H,1-2,7,10-11,16,26H2,(H,28,32)(H,29,30). The molecule has 1 saturated heterocycles. The molecule has 1 aliphatic heterocycles. The molecule has 1 aromatic carbocycles. The summed E-state index contributed by atoms with van der Waals surface area (Å²) in [5.74, 6) is -0.259. The average Bonchev–Trinajstić information content (AvgIpc) is 3.42. The highest BCUT2D eigenvalue weighted by Gasteiger charge is 2.17. The molecular weight excluding hydrogens is 400 g/mol. The van der Waals surface area contributed by atoms with Crippen LogP contribution in [0, 0.1) is 0 Å². The van der Waals surface area contributed by atoms with Gasteiger partial charge in [0.1, 0.15) is 0 Å². The quantitative estimate of drug-likeness (QED) is 0.578. The summed E-state index contributed by atoms with van der Waals surface area (Å²) in [6, 6.07) is 8.17. The number of fused-ring (bicyclic) bond motifs is 1. The number of H-pyrrole nitrogens is 1. The number of pyridine rings is 1. The first-order chi connectivity index (χ1) is 15.7. The first-order valence-corrected chi connectivity index (χ1v) is 10.9. The smallest absolute Gasteiger partial charge is 0.276 e. The van der Waals surface area contributed by atoms with Gasteiger partial charge in [0.25, 0.3) is 5.91 Å². The van der Waals surface area contributed by atoms with Gasteiger partial charge >= 0.3 is 0 Å². The van der Waals surface area contributed by atoms with Crippen molar-refractivity contribution in [1.82, 2.24) is 25.4 Å². The summed E-state index contributed by atoms with van der Waals surface area (Å²) in [5, 5.41) is 10.9. The minimum absolute atomic E-state index is 0.259. The highest BCUT2D eigenvalue weighted by molar-refractivity contribution is 6.06. The van der Waals surface area contributed by atoms with Crippen LogP contribution in [0.15, 0.2) is 72.4 Å². The van der Waals surface area contributed by atoms with Gasteiger partial charge in [-0.05, 0) is 67.4 Å². The second-order valence-corrected chi connectivity index (χ2v) is 8.32. The number of amides is 1. The lowest BCUT2D eigenvalue weighted by molar-refractivity contribution is 0.0963. The molecule has 5 rings (SSSR count). The summed E-state index contributed by atoms with van der Waals surface area (Å²) >= 11 is 0. The molecule has 4 N–H and O–H groups in total. The lowest BCUT2D eigenvalue weighted by atomic mass is 10.0. The Kier molecular flexibility index (Phi) is 5.56. The lowest BCUT2D eigenvalue weighted by Crippen LogP contribution is -2.22. The fraction of sp³-hybridized carbons (Fsp3) is 0.240. The van der Waals surface area contributed by atoms with E-state index in [1.165, 1.54) is 18.4 Å². The largest absolute Gasteiger partial charge is 0.402 e. The van der Waals surface area contributed by atoms with Crippen molar-refractivity contribution in [2.75, 3.05) is 13.1 Å². The molecule has 1 amide bonds. The number of hydrogen-bond acceptors (Lipinski definition) is 5. The number of benzene rings is 1. The Morgan fingerprint density at radius 2 is 2.03 bits per heavy atom. The van der Waals surface area contributed by atoms with Crippen LogP contribution in [-0.4, -0.2) is 39.1 Å². The number of aromatic nitrogens is 3. The lowest BCUT2D eigenvalue weighted by Gasteiger charge is -2.14. The van der Waals surface area contributed by atoms with E-state index in [-0.39, 0.29) is 5.91 Å². The van der Waals surface area contributed by atoms with Gasteiger partial charge in [-0.1, -0.05) is 18.2 Å². The van der Waals surface area contributed by atoms with Crippen molar-refractivity contribution < 1.29 is 4.79 Å². The van der Waals surface area contributed by atoms with Gasteiger partial charge in [0.05, 0.1) is 5.52 Å². The molecule has 0 atom stereocenters. The summed E-state index contributed by atoms with van der Waals surface area (Å²) < 4.78 is 0. The third-order valence-electron chi connectivity index (χ3n) is 5.91. The first-order valence-electron chi connectivity index (χ1n) is 10.9. The minimum Gasteiger partial charge on any atom is -0.402 e. The third kappa shape index (κ3) is 4.33. The summed E-state index contributed by atoms with van der Waals surface area (Å²) in [5.41, 5.74) is 11.7. The number of nitrogens with two attached hydrogens (primary N) is 1. The predicted octanol–water partition coefficient (Wildman–Crippen LogP) is 3.64. The number of carbonyl (C=O) groups is 1. The molecule has 2 aromatic heterocycles. The van der Waals surface area contributed by atoms with Crippen LogP contribution in [0.1, 0.15) is 35.3 Å². The number of rotatable bonds is 5. The van der Waals surface area contributed by atoms with Crippen LogP contribution >= 0.6 is 0 Å². The van der Waals surface area contributed by atoms with Gasteiger partial charge in [-0.15, -0.1) is 0 Å². The number of allylic oxidation sites excluding steroid dienone is 4. The van der Waals surface area contributed by atoms with E-state index >= 15 is 0 Å². The summed E-state index contributed by atoms with van der Waals surface area (Å²) in [6.07, 6.45) is 14.3. The summed E-state index contributed by atoms with van der Waals surface area (Å²) in [6.45, 7) is 3.22. The van der Waals surface area contributed by atoms with E-state index in [0.29, 0.717) is 17.8 Å². The van der Waals surface area contributed by atoms with Crippen LogP contribution in [0.25, 0.3) is 22.0 Å². The molecule has 3 heterocycles. The van der Waals surface area contributed by atoms with Crippen molar-refractivity contribution in [3.05, 3.63) is 83.6 Å². The molecule has 0 saturated carbocycles. The average molecular weight is 427 g/mol. The van der Waals surface area contributed by atoms with Crippen LogP contribution in [0.2, 0.25) is 0 Å². The van der Waals surface area contributed by atoms with Crippen molar-refractivity contribution in [2.24, 2.45) is 5.73 Å². The zero-order valence-electron chi connectivity index (χ0n) is 17.8. The molecule has 32 heavy (non-hydrogen) atoms. The Morgan fingerprint density at radius 3 is 2.91 bits per heavy atom. The molecule has 162 valence electrons. The van der Waals surface area contributed by atoms with Crippen LogP contribution in [0.3, 0.4) is 0 Å². The van der Waals surface area contributed by atoms with Gasteiger partial charge in [-0.2, -0.15) is 5.10 Å². The van der Waals surface area contributed by atoms with E-state index in [4.69, 9.17) is 5.73 Å². The molecule has 2 aliphatic rings. The number of nitrogens with zero attached hydrogens (tertiary/aromatic N) is 3. The van der Waals surface area contributed by atoms with Gasteiger partial charge in [0.2, 0.25) is 0 Å². The van der Waals surface area contributed by atoms with E-state index in [1.54, 1.807) is 0 Å². The monoisotopic (exact) mass is 426 g/mol. The zero-order valence-corrected chi connectivity index (χ0v) is 17.8. The van der Waals surface area contributed by atoms with Crippen molar-refractivity contribution in [3.8, 4) is 11.1 Å². The van der Waals surface area contributed by atoms with Crippen LogP contribution in [-0.2, 0) is 6.54 Å². The zero-order chi connectivity index (χ0) is 21.9. The Bertz CT molecular complexity index is 1250. The van der Waals surface area contributed by atoms with E-state index < -0.39 is 0 Å². The second-order valence-electron chi connectivity index (χ2n) is 8.32. The molecule has 0 unspecified atom stereocenters. The molecule has 1 aliphatic carbocycles. The third-order valence-corrected chi connectivity index (χ3v) is 5.91. The molecule has 3 aromatic rings. The van der Waals surface area contributed by atoms with Gasteiger partial charge in [-0.25, -0.2) is 0 Å². The van der Waals surface area contributed by atoms with E-state index in [9.17, 15) is 4.79 Å². The van der Waals surface area contributed by atoms with E-state index in [2.05, 4.69) is 31.5 Å². The van der Waals surface area contributed by atoms with Crippen molar-refractivity contribution in [2.45, 2.75) is 25.8 Å². The predicted molar refractivity (Wildman–Crippen MR) is 125 cm³/mol. The summed E-state index contributed by atoms with van der Waals surface area (Å²) in [4.78, 5) is 19.9. The molecule has 7 nitrogen and oxygen atoms in total. The highest BCUT2D eigenvalue weighted by Crippen LogP contribution is 2.26. The van der Waals surface area contributed by atoms with E-state index in [0.717, 1.165) is 47.4 Å². The second kappa shape index (κ2) is 8.80. The first kappa shape index (κ1) is 20.2. The van der Waals surface area contributed by atoms with Crippen LogP contribution in [0.4, 0.5) is 0 Å². The Morgan fingerprint density at radius 1 is 1.16 bits per heavy atom. The Hall–Kier alpha value is -3.71. The molecule has 7 heteroatoms. The van der Waals surface area contributed by atoms with Gasteiger partial charge in [0.15, 0.2) is 5.69 Å². The van der Waals surface area contributed by atoms with Gasteiger partial charge in [0, 0.05) is 47.7 Å². The maximum absolute atomic E-state index is 12.9. The number of nitrogens with one attached hydrogen (secondary N) is 2. The fourth-order valence-corrected chi connectivity index (χ4v) is 4.22. The highest BCUT2D eigenvalue weighted by atomic mass is 16.1. The molecule has 1 fully saturated rings. The van der Waals surface area contributed by atoms with Gasteiger partial charge in [-0.3, -0.25) is 19.8 Å². The molecule has 0 bridgehead atoms. The maximum Gasteiger partial charge on any atom is 0.276 e. The molecule has 0 spiro atoms. The number of likely N-dealkylation sites (tertiary alicyclic amines) is 1. The number of aromatic amines is 1. The Balaban J connectivity index is 1.40. The summed E-state index contributed by atoms with van der Waals surface area (Å²) in [7, 11) is 0. The number of hydrogen-bond donors (Lipinski definition) is 3. The minimum atomic E-state index is -0.259. The van der Waals surface area contributed by atoms with Crippen LogP contribution in [0.5, 0.6) is 0 Å². The topological polar surface area (TPSA) is 99.9 Å². The van der Waals surface area contributed by atoms with Gasteiger partial charge < -0.3 is 11.1 Å². The van der Waals surface area contributed by atoms with Crippen molar-refractivity contribution in [1.29, 1.82) is 0 Å². The molecular formula is C25H26N6O. The maximum atomic E-state index is 12.9. The Labute approximate surface area is 186 Å². The van der Waals surface area contributed by atoms with Crippen LogP contribution < -0.4 is 11.1 Å². The normalized spacial score (nSPS) is 16.6. The van der Waals surface area contributed by atoms with Crippen molar-refractivity contribution in [3.63, 3.8) is 0 Å². The van der Waals surface area contributed by atoms with Crippen molar-refractivity contribution >= 4 is 16.8 Å². The number of carbonyl (C=O) groups excluding carboxylic acids is 1. The SMILES string of the molecule is NC1=CC=CC(NC(=O)c2n[nH]c3ccc(-c4cncc(CN5CCCC5)c4)cc23)=CC1. The molecule has 0 radical (unpaired) electrons.